The van der Waals surface area contributed by atoms with Gasteiger partial charge < -0.3 is 4.42 Å². The maximum absolute atomic E-state index is 5.93. The smallest absolute Gasteiger partial charge is 0.227 e. The van der Waals surface area contributed by atoms with Crippen molar-refractivity contribution >= 4 is 22.1 Å². The molecule has 0 radical (unpaired) electrons. The molecule has 1 saturated carbocycles. The van der Waals surface area contributed by atoms with Crippen molar-refractivity contribution in [3.8, 4) is 11.3 Å². The lowest BCUT2D eigenvalue weighted by molar-refractivity contribution is 0.316. The molecule has 3 heterocycles. The molecule has 3 heteroatoms. The Morgan fingerprint density at radius 2 is 1.82 bits per heavy atom. The van der Waals surface area contributed by atoms with Gasteiger partial charge in [-0.2, -0.15) is 0 Å². The molecule has 4 aromatic rings. The quantitative estimate of drug-likeness (QED) is 0.388. The summed E-state index contributed by atoms with van der Waals surface area (Å²) in [5.41, 5.74) is 6.14. The van der Waals surface area contributed by atoms with Gasteiger partial charge in [-0.25, -0.2) is 4.98 Å². The van der Waals surface area contributed by atoms with Gasteiger partial charge in [0, 0.05) is 28.2 Å². The fraction of sp³-hybridized carbons (Fsp3) is 0.360. The molecule has 1 aliphatic carbocycles. The minimum absolute atomic E-state index is 0.590. The lowest BCUT2D eigenvalue weighted by atomic mass is 9.78. The summed E-state index contributed by atoms with van der Waals surface area (Å²) >= 11 is 0. The molecule has 0 N–H and O–H groups in total. The maximum Gasteiger partial charge on any atom is 0.227 e. The first-order valence-corrected chi connectivity index (χ1v) is 10.5. The van der Waals surface area contributed by atoms with Gasteiger partial charge in [0.15, 0.2) is 0 Å². The van der Waals surface area contributed by atoms with E-state index >= 15 is 0 Å². The van der Waals surface area contributed by atoms with Gasteiger partial charge in [-0.3, -0.25) is 4.98 Å². The summed E-state index contributed by atoms with van der Waals surface area (Å²) in [5.74, 6) is 1.39. The molecule has 3 aromatic heterocycles. The van der Waals surface area contributed by atoms with Gasteiger partial charge in [0.2, 0.25) is 5.71 Å². The molecule has 0 bridgehead atoms. The van der Waals surface area contributed by atoms with E-state index in [4.69, 9.17) is 4.42 Å². The molecule has 3 nitrogen and oxygen atoms in total. The number of fused-ring (bicyclic) bond motifs is 3. The van der Waals surface area contributed by atoms with Crippen LogP contribution < -0.4 is 0 Å². The Morgan fingerprint density at radius 1 is 0.964 bits per heavy atom. The average molecular weight is 370 g/mol. The monoisotopic (exact) mass is 370 g/mol. The third kappa shape index (κ3) is 3.09. The highest BCUT2D eigenvalue weighted by Crippen LogP contribution is 2.37. The standard InChI is InChI=1S/C25H26N2O/c1-16-8-10-21-22-14-20(9-11-24(22)28-25(21)27-16)23-15-19(12-13-26-23)17(2)18-6-4-3-5-7-18/h8-15,17-18H,3-7H2,1-2H3. The summed E-state index contributed by atoms with van der Waals surface area (Å²) in [4.78, 5) is 9.20. The van der Waals surface area contributed by atoms with Crippen molar-refractivity contribution in [1.29, 1.82) is 0 Å². The fourth-order valence-electron chi connectivity index (χ4n) is 4.70. The number of pyridine rings is 2. The van der Waals surface area contributed by atoms with Gasteiger partial charge >= 0.3 is 0 Å². The zero-order chi connectivity index (χ0) is 19.1. The third-order valence-electron chi connectivity index (χ3n) is 6.44. The number of rotatable bonds is 3. The van der Waals surface area contributed by atoms with Crippen LogP contribution in [0.4, 0.5) is 0 Å². The summed E-state index contributed by atoms with van der Waals surface area (Å²) < 4.78 is 5.93. The highest BCUT2D eigenvalue weighted by molar-refractivity contribution is 6.04. The molecular formula is C25H26N2O. The zero-order valence-corrected chi connectivity index (χ0v) is 16.6. The Morgan fingerprint density at radius 3 is 2.68 bits per heavy atom. The number of hydrogen-bond donors (Lipinski definition) is 0. The molecule has 0 spiro atoms. The summed E-state index contributed by atoms with van der Waals surface area (Å²) in [5, 5.41) is 2.17. The van der Waals surface area contributed by atoms with Crippen LogP contribution >= 0.6 is 0 Å². The highest BCUT2D eigenvalue weighted by atomic mass is 16.3. The predicted octanol–water partition coefficient (Wildman–Crippen LogP) is 7.04. The Labute approximate surface area is 165 Å². The van der Waals surface area contributed by atoms with Crippen LogP contribution in [0, 0.1) is 12.8 Å². The van der Waals surface area contributed by atoms with Crippen molar-refractivity contribution < 1.29 is 4.42 Å². The number of hydrogen-bond acceptors (Lipinski definition) is 3. The van der Waals surface area contributed by atoms with Crippen LogP contribution in [0.3, 0.4) is 0 Å². The van der Waals surface area contributed by atoms with Gasteiger partial charge in [-0.1, -0.05) is 26.2 Å². The van der Waals surface area contributed by atoms with E-state index in [1.165, 1.54) is 37.7 Å². The minimum Gasteiger partial charge on any atom is -0.438 e. The molecule has 1 fully saturated rings. The van der Waals surface area contributed by atoms with Crippen molar-refractivity contribution in [2.24, 2.45) is 5.92 Å². The Kier molecular flexibility index (Phi) is 4.38. The van der Waals surface area contributed by atoms with Crippen molar-refractivity contribution in [3.63, 3.8) is 0 Å². The molecule has 5 rings (SSSR count). The van der Waals surface area contributed by atoms with Crippen LogP contribution in [-0.4, -0.2) is 9.97 Å². The fourth-order valence-corrected chi connectivity index (χ4v) is 4.70. The van der Waals surface area contributed by atoms with E-state index in [1.807, 2.05) is 25.3 Å². The Hall–Kier alpha value is -2.68. The Bertz CT molecular complexity index is 1140. The van der Waals surface area contributed by atoms with E-state index in [0.717, 1.165) is 39.2 Å². The van der Waals surface area contributed by atoms with E-state index in [1.54, 1.807) is 0 Å². The van der Waals surface area contributed by atoms with Gasteiger partial charge in [0.1, 0.15) is 5.58 Å². The highest BCUT2D eigenvalue weighted by Gasteiger charge is 2.22. The molecular weight excluding hydrogens is 344 g/mol. The van der Waals surface area contributed by atoms with Gasteiger partial charge in [-0.15, -0.1) is 0 Å². The second kappa shape index (κ2) is 7.05. The first-order chi connectivity index (χ1) is 13.7. The molecule has 28 heavy (non-hydrogen) atoms. The molecule has 1 unspecified atom stereocenters. The van der Waals surface area contributed by atoms with Crippen molar-refractivity contribution in [3.05, 3.63) is 59.9 Å². The summed E-state index contributed by atoms with van der Waals surface area (Å²) in [6.07, 6.45) is 8.84. The van der Waals surface area contributed by atoms with Crippen LogP contribution in [0.5, 0.6) is 0 Å². The normalized spacial score (nSPS) is 16.6. The van der Waals surface area contributed by atoms with E-state index in [9.17, 15) is 0 Å². The average Bonchev–Trinajstić information content (AvgIpc) is 3.10. The van der Waals surface area contributed by atoms with Crippen LogP contribution in [-0.2, 0) is 0 Å². The molecule has 0 amide bonds. The molecule has 1 atom stereocenters. The lowest BCUT2D eigenvalue weighted by Crippen LogP contribution is -2.14. The molecule has 1 aliphatic rings. The van der Waals surface area contributed by atoms with Crippen molar-refractivity contribution in [2.75, 3.05) is 0 Å². The van der Waals surface area contributed by atoms with Crippen molar-refractivity contribution in [1.82, 2.24) is 9.97 Å². The summed E-state index contributed by atoms with van der Waals surface area (Å²) in [6, 6.07) is 15.0. The van der Waals surface area contributed by atoms with E-state index in [0.29, 0.717) is 11.6 Å². The zero-order valence-electron chi connectivity index (χ0n) is 16.6. The minimum atomic E-state index is 0.590. The number of furan rings is 1. The van der Waals surface area contributed by atoms with Crippen LogP contribution in [0.15, 0.2) is 53.1 Å². The van der Waals surface area contributed by atoms with Gasteiger partial charge in [0.25, 0.3) is 0 Å². The summed E-state index contributed by atoms with van der Waals surface area (Å²) in [7, 11) is 0. The van der Waals surface area contributed by atoms with Gasteiger partial charge in [-0.05, 0) is 79.6 Å². The lowest BCUT2D eigenvalue weighted by Gasteiger charge is -2.28. The second-order valence-corrected chi connectivity index (χ2v) is 8.28. The predicted molar refractivity (Wildman–Crippen MR) is 114 cm³/mol. The number of nitrogens with zero attached hydrogens (tertiary/aromatic N) is 2. The molecule has 0 aliphatic heterocycles. The third-order valence-corrected chi connectivity index (χ3v) is 6.44. The van der Waals surface area contributed by atoms with Crippen LogP contribution in [0.2, 0.25) is 0 Å². The van der Waals surface area contributed by atoms with E-state index in [2.05, 4.69) is 47.2 Å². The number of aryl methyl sites for hydroxylation is 1. The van der Waals surface area contributed by atoms with Crippen molar-refractivity contribution in [2.45, 2.75) is 51.9 Å². The molecule has 0 saturated heterocycles. The SMILES string of the molecule is Cc1ccc2c(n1)oc1ccc(-c3cc(C(C)C4CCCCC4)ccn3)cc12. The summed E-state index contributed by atoms with van der Waals surface area (Å²) in [6.45, 7) is 4.37. The molecule has 142 valence electrons. The first-order valence-electron chi connectivity index (χ1n) is 10.5. The molecule has 1 aromatic carbocycles. The van der Waals surface area contributed by atoms with E-state index < -0.39 is 0 Å². The number of aromatic nitrogens is 2. The van der Waals surface area contributed by atoms with Crippen LogP contribution in [0.25, 0.3) is 33.3 Å². The topological polar surface area (TPSA) is 38.9 Å². The van der Waals surface area contributed by atoms with E-state index in [-0.39, 0.29) is 0 Å². The second-order valence-electron chi connectivity index (χ2n) is 8.28. The Balaban J connectivity index is 1.53. The number of benzene rings is 1. The van der Waals surface area contributed by atoms with Crippen LogP contribution in [0.1, 0.15) is 56.2 Å². The largest absolute Gasteiger partial charge is 0.438 e. The van der Waals surface area contributed by atoms with Gasteiger partial charge in [0.05, 0.1) is 5.69 Å². The maximum atomic E-state index is 5.93. The first kappa shape index (κ1) is 17.4.